The monoisotopic (exact) mass is 306 g/mol. The number of nitrogens with zero attached hydrogens (tertiary/aromatic N) is 3. The largest absolute Gasteiger partial charge is 0.229 e. The Hall–Kier alpha value is -1.73. The van der Waals surface area contributed by atoms with Crippen LogP contribution < -0.4 is 5.14 Å². The fourth-order valence-electron chi connectivity index (χ4n) is 2.75. The summed E-state index contributed by atoms with van der Waals surface area (Å²) < 4.78 is 23.7. The lowest BCUT2D eigenvalue weighted by Crippen LogP contribution is -2.18. The molecule has 1 aliphatic rings. The van der Waals surface area contributed by atoms with Crippen molar-refractivity contribution in [2.24, 2.45) is 5.14 Å². The maximum Gasteiger partial charge on any atom is 0.209 e. The van der Waals surface area contributed by atoms with Gasteiger partial charge in [0.2, 0.25) is 10.0 Å². The van der Waals surface area contributed by atoms with E-state index in [0.717, 1.165) is 18.5 Å². The van der Waals surface area contributed by atoms with Crippen LogP contribution in [0.15, 0.2) is 24.4 Å². The smallest absolute Gasteiger partial charge is 0.209 e. The van der Waals surface area contributed by atoms with E-state index in [-0.39, 0.29) is 12.2 Å². The minimum atomic E-state index is -3.47. The standard InChI is InChI=1S/C14H18N4O2S/c15-21(19,20)9-8-12-10-18(17-16-12)14-7-3-5-11-4-1-2-6-13(11)14/h3,5,7,10H,1-2,4,6,8-9H2,(H2,15,19,20). The number of hydrogen-bond donors (Lipinski definition) is 1. The Kier molecular flexibility index (Phi) is 3.77. The van der Waals surface area contributed by atoms with Gasteiger partial charge in [-0.3, -0.25) is 0 Å². The van der Waals surface area contributed by atoms with Gasteiger partial charge < -0.3 is 0 Å². The lowest BCUT2D eigenvalue weighted by Gasteiger charge is -2.18. The van der Waals surface area contributed by atoms with Crippen molar-refractivity contribution in [3.05, 3.63) is 41.2 Å². The van der Waals surface area contributed by atoms with E-state index in [1.807, 2.05) is 12.1 Å². The van der Waals surface area contributed by atoms with Crippen molar-refractivity contribution in [2.75, 3.05) is 5.75 Å². The Morgan fingerprint density at radius 3 is 2.86 bits per heavy atom. The number of sulfonamides is 1. The predicted octanol–water partition coefficient (Wildman–Crippen LogP) is 0.977. The molecule has 0 radical (unpaired) electrons. The molecular weight excluding hydrogens is 288 g/mol. The molecular formula is C14H18N4O2S. The second-order valence-electron chi connectivity index (χ2n) is 5.39. The first-order chi connectivity index (χ1) is 10.0. The summed E-state index contributed by atoms with van der Waals surface area (Å²) >= 11 is 0. The molecule has 0 atom stereocenters. The molecule has 2 aromatic rings. The fourth-order valence-corrected chi connectivity index (χ4v) is 3.25. The zero-order valence-electron chi connectivity index (χ0n) is 11.7. The Labute approximate surface area is 124 Å². The SMILES string of the molecule is NS(=O)(=O)CCc1cn(-c2cccc3c2CCCC3)nn1. The summed E-state index contributed by atoms with van der Waals surface area (Å²) in [6.07, 6.45) is 6.65. The molecule has 6 nitrogen and oxygen atoms in total. The van der Waals surface area contributed by atoms with Crippen LogP contribution in [0.4, 0.5) is 0 Å². The van der Waals surface area contributed by atoms with Crippen LogP contribution in [0.2, 0.25) is 0 Å². The summed E-state index contributed by atoms with van der Waals surface area (Å²) in [6.45, 7) is 0. The molecule has 0 amide bonds. The molecule has 2 N–H and O–H groups in total. The third-order valence-electron chi connectivity index (χ3n) is 3.80. The molecule has 1 heterocycles. The first-order valence-electron chi connectivity index (χ1n) is 7.06. The van der Waals surface area contributed by atoms with Gasteiger partial charge in [0.1, 0.15) is 0 Å². The Bertz CT molecular complexity index is 752. The quantitative estimate of drug-likeness (QED) is 0.911. The van der Waals surface area contributed by atoms with E-state index in [0.29, 0.717) is 5.69 Å². The lowest BCUT2D eigenvalue weighted by atomic mass is 9.90. The zero-order chi connectivity index (χ0) is 14.9. The molecule has 3 rings (SSSR count). The molecule has 21 heavy (non-hydrogen) atoms. The van der Waals surface area contributed by atoms with E-state index in [9.17, 15) is 8.42 Å². The van der Waals surface area contributed by atoms with E-state index in [1.54, 1.807) is 10.9 Å². The van der Waals surface area contributed by atoms with Crippen molar-refractivity contribution in [1.29, 1.82) is 0 Å². The molecule has 0 fully saturated rings. The number of aromatic nitrogens is 3. The van der Waals surface area contributed by atoms with Gasteiger partial charge >= 0.3 is 0 Å². The van der Waals surface area contributed by atoms with E-state index in [4.69, 9.17) is 5.14 Å². The Morgan fingerprint density at radius 2 is 2.05 bits per heavy atom. The number of fused-ring (bicyclic) bond motifs is 1. The van der Waals surface area contributed by atoms with Crippen LogP contribution in [0.1, 0.15) is 29.7 Å². The van der Waals surface area contributed by atoms with Crippen LogP contribution in [0.25, 0.3) is 5.69 Å². The molecule has 112 valence electrons. The van der Waals surface area contributed by atoms with Crippen molar-refractivity contribution < 1.29 is 8.42 Å². The summed E-state index contributed by atoms with van der Waals surface area (Å²) in [4.78, 5) is 0. The molecule has 1 aromatic heterocycles. The van der Waals surface area contributed by atoms with Crippen molar-refractivity contribution >= 4 is 10.0 Å². The fraction of sp³-hybridized carbons (Fsp3) is 0.429. The van der Waals surface area contributed by atoms with Gasteiger partial charge in [-0.2, -0.15) is 0 Å². The minimum absolute atomic E-state index is 0.113. The van der Waals surface area contributed by atoms with Gasteiger partial charge in [0.05, 0.1) is 23.3 Å². The van der Waals surface area contributed by atoms with Crippen LogP contribution in [0.5, 0.6) is 0 Å². The van der Waals surface area contributed by atoms with Gasteiger partial charge in [0.15, 0.2) is 0 Å². The minimum Gasteiger partial charge on any atom is -0.229 e. The summed E-state index contributed by atoms with van der Waals surface area (Å²) in [6, 6.07) is 6.23. The van der Waals surface area contributed by atoms with E-state index < -0.39 is 10.0 Å². The summed E-state index contributed by atoms with van der Waals surface area (Å²) in [5.41, 5.74) is 4.38. The van der Waals surface area contributed by atoms with Gasteiger partial charge in [-0.15, -0.1) is 5.10 Å². The van der Waals surface area contributed by atoms with E-state index in [2.05, 4.69) is 16.4 Å². The third kappa shape index (κ3) is 3.30. The van der Waals surface area contributed by atoms with Crippen molar-refractivity contribution in [3.8, 4) is 5.69 Å². The average Bonchev–Trinajstić information content (AvgIpc) is 2.92. The van der Waals surface area contributed by atoms with Crippen molar-refractivity contribution in [2.45, 2.75) is 32.1 Å². The zero-order valence-corrected chi connectivity index (χ0v) is 12.5. The van der Waals surface area contributed by atoms with E-state index >= 15 is 0 Å². The van der Waals surface area contributed by atoms with Crippen LogP contribution in [-0.4, -0.2) is 29.2 Å². The molecule has 0 unspecified atom stereocenters. The number of primary sulfonamides is 1. The highest BCUT2D eigenvalue weighted by Crippen LogP contribution is 2.26. The Balaban J connectivity index is 1.87. The molecule has 0 spiro atoms. The van der Waals surface area contributed by atoms with Crippen LogP contribution in [0.3, 0.4) is 0 Å². The number of benzene rings is 1. The average molecular weight is 306 g/mol. The molecule has 0 saturated heterocycles. The highest BCUT2D eigenvalue weighted by atomic mass is 32.2. The van der Waals surface area contributed by atoms with Gasteiger partial charge in [0, 0.05) is 6.42 Å². The second-order valence-corrected chi connectivity index (χ2v) is 7.13. The normalized spacial score (nSPS) is 14.9. The highest BCUT2D eigenvalue weighted by molar-refractivity contribution is 7.89. The molecule has 0 saturated carbocycles. The molecule has 1 aliphatic carbocycles. The number of nitrogens with two attached hydrogens (primary N) is 1. The summed E-state index contributed by atoms with van der Waals surface area (Å²) in [7, 11) is -3.47. The van der Waals surface area contributed by atoms with Crippen LogP contribution in [-0.2, 0) is 29.3 Å². The molecule has 1 aromatic carbocycles. The Morgan fingerprint density at radius 1 is 1.24 bits per heavy atom. The maximum absolute atomic E-state index is 11.0. The first kappa shape index (κ1) is 14.2. The van der Waals surface area contributed by atoms with Gasteiger partial charge in [-0.1, -0.05) is 17.3 Å². The van der Waals surface area contributed by atoms with Crippen molar-refractivity contribution in [1.82, 2.24) is 15.0 Å². The molecule has 0 bridgehead atoms. The number of rotatable bonds is 4. The summed E-state index contributed by atoms with van der Waals surface area (Å²) in [5, 5.41) is 13.2. The second kappa shape index (κ2) is 5.57. The molecule has 0 aliphatic heterocycles. The molecule has 7 heteroatoms. The van der Waals surface area contributed by atoms with Gasteiger partial charge in [-0.05, 0) is 42.9 Å². The van der Waals surface area contributed by atoms with Crippen molar-refractivity contribution in [3.63, 3.8) is 0 Å². The topological polar surface area (TPSA) is 90.9 Å². The maximum atomic E-state index is 11.0. The van der Waals surface area contributed by atoms with Crippen LogP contribution in [0, 0.1) is 0 Å². The third-order valence-corrected chi connectivity index (χ3v) is 4.57. The first-order valence-corrected chi connectivity index (χ1v) is 8.77. The van der Waals surface area contributed by atoms with Gasteiger partial charge in [0.25, 0.3) is 0 Å². The summed E-state index contributed by atoms with van der Waals surface area (Å²) in [5.74, 6) is -0.113. The number of aryl methyl sites for hydroxylation is 2. The van der Waals surface area contributed by atoms with Crippen LogP contribution >= 0.6 is 0 Å². The predicted molar refractivity (Wildman–Crippen MR) is 79.7 cm³/mol. The van der Waals surface area contributed by atoms with E-state index in [1.165, 1.54) is 24.0 Å². The highest BCUT2D eigenvalue weighted by Gasteiger charge is 2.15. The lowest BCUT2D eigenvalue weighted by molar-refractivity contribution is 0.596. The number of hydrogen-bond acceptors (Lipinski definition) is 4. The van der Waals surface area contributed by atoms with Gasteiger partial charge in [-0.25, -0.2) is 18.2 Å².